The van der Waals surface area contributed by atoms with Crippen molar-refractivity contribution in [1.29, 1.82) is 0 Å². The summed E-state index contributed by atoms with van der Waals surface area (Å²) in [5, 5.41) is 9.70. The van der Waals surface area contributed by atoms with Gasteiger partial charge in [0.05, 0.1) is 6.10 Å². The highest BCUT2D eigenvalue weighted by molar-refractivity contribution is 9.10. The Bertz CT molecular complexity index is 316. The molecule has 0 spiro atoms. The average molecular weight is 241 g/mol. The fourth-order valence-corrected chi connectivity index (χ4v) is 2.59. The number of hydrogen-bond acceptors (Lipinski definition) is 1. The van der Waals surface area contributed by atoms with Gasteiger partial charge in [0, 0.05) is 9.89 Å². The van der Waals surface area contributed by atoms with E-state index in [0.29, 0.717) is 0 Å². The first-order valence-corrected chi connectivity index (χ1v) is 5.39. The standard InChI is InChI=1S/C11H13BrO/c1-8(13)11(6-7-11)9-4-2-3-5-10(9)12/h2-5,8,13H,6-7H2,1H3. The van der Waals surface area contributed by atoms with Crippen molar-refractivity contribution in [1.82, 2.24) is 0 Å². The van der Waals surface area contributed by atoms with E-state index in [1.165, 1.54) is 5.56 Å². The maximum Gasteiger partial charge on any atom is 0.0609 e. The lowest BCUT2D eigenvalue weighted by atomic mass is 9.91. The summed E-state index contributed by atoms with van der Waals surface area (Å²) in [6.45, 7) is 1.88. The van der Waals surface area contributed by atoms with Gasteiger partial charge in [0.1, 0.15) is 0 Å². The van der Waals surface area contributed by atoms with Crippen LogP contribution in [0.1, 0.15) is 25.3 Å². The van der Waals surface area contributed by atoms with E-state index in [2.05, 4.69) is 22.0 Å². The number of aliphatic hydroxyl groups excluding tert-OH is 1. The zero-order valence-electron chi connectivity index (χ0n) is 7.63. The molecule has 1 fully saturated rings. The summed E-state index contributed by atoms with van der Waals surface area (Å²) >= 11 is 3.53. The molecule has 1 aromatic rings. The van der Waals surface area contributed by atoms with Crippen LogP contribution in [0.2, 0.25) is 0 Å². The van der Waals surface area contributed by atoms with Crippen LogP contribution in [0.4, 0.5) is 0 Å². The van der Waals surface area contributed by atoms with Crippen molar-refractivity contribution < 1.29 is 5.11 Å². The number of aliphatic hydroxyl groups is 1. The van der Waals surface area contributed by atoms with Gasteiger partial charge in [-0.15, -0.1) is 0 Å². The predicted molar refractivity (Wildman–Crippen MR) is 56.7 cm³/mol. The van der Waals surface area contributed by atoms with Gasteiger partial charge in [-0.1, -0.05) is 34.1 Å². The summed E-state index contributed by atoms with van der Waals surface area (Å²) in [5.74, 6) is 0. The van der Waals surface area contributed by atoms with E-state index in [1.807, 2.05) is 25.1 Å². The first kappa shape index (κ1) is 9.22. The predicted octanol–water partition coefficient (Wildman–Crippen LogP) is 2.86. The highest BCUT2D eigenvalue weighted by Gasteiger charge is 2.49. The van der Waals surface area contributed by atoms with Crippen LogP contribution in [-0.4, -0.2) is 11.2 Å². The summed E-state index contributed by atoms with van der Waals surface area (Å²) in [6, 6.07) is 8.18. The van der Waals surface area contributed by atoms with E-state index in [-0.39, 0.29) is 11.5 Å². The van der Waals surface area contributed by atoms with Crippen LogP contribution in [0.5, 0.6) is 0 Å². The number of halogens is 1. The van der Waals surface area contributed by atoms with Crippen molar-refractivity contribution in [2.45, 2.75) is 31.3 Å². The van der Waals surface area contributed by atoms with Gasteiger partial charge in [-0.25, -0.2) is 0 Å². The molecule has 1 nitrogen and oxygen atoms in total. The van der Waals surface area contributed by atoms with Crippen LogP contribution in [0, 0.1) is 0 Å². The average Bonchev–Trinajstić information content (AvgIpc) is 2.85. The first-order valence-electron chi connectivity index (χ1n) is 4.60. The fraction of sp³-hybridized carbons (Fsp3) is 0.455. The molecular weight excluding hydrogens is 228 g/mol. The van der Waals surface area contributed by atoms with E-state index in [1.54, 1.807) is 0 Å². The van der Waals surface area contributed by atoms with Gasteiger partial charge >= 0.3 is 0 Å². The molecule has 1 saturated carbocycles. The van der Waals surface area contributed by atoms with Crippen LogP contribution < -0.4 is 0 Å². The van der Waals surface area contributed by atoms with Gasteiger partial charge in [0.25, 0.3) is 0 Å². The van der Waals surface area contributed by atoms with E-state index in [9.17, 15) is 5.11 Å². The zero-order chi connectivity index (χ0) is 9.47. The number of benzene rings is 1. The topological polar surface area (TPSA) is 20.2 Å². The second-order valence-electron chi connectivity index (χ2n) is 3.81. The largest absolute Gasteiger partial charge is 0.392 e. The summed E-state index contributed by atoms with van der Waals surface area (Å²) in [6.07, 6.45) is 1.96. The molecule has 0 aromatic heterocycles. The van der Waals surface area contributed by atoms with Gasteiger partial charge in [-0.3, -0.25) is 0 Å². The lowest BCUT2D eigenvalue weighted by Crippen LogP contribution is -2.22. The van der Waals surface area contributed by atoms with Crippen molar-refractivity contribution in [3.63, 3.8) is 0 Å². The van der Waals surface area contributed by atoms with Crippen molar-refractivity contribution in [2.75, 3.05) is 0 Å². The monoisotopic (exact) mass is 240 g/mol. The van der Waals surface area contributed by atoms with E-state index in [0.717, 1.165) is 17.3 Å². The van der Waals surface area contributed by atoms with Gasteiger partial charge in [-0.05, 0) is 31.4 Å². The van der Waals surface area contributed by atoms with Crippen molar-refractivity contribution in [3.8, 4) is 0 Å². The second kappa shape index (κ2) is 3.10. The minimum Gasteiger partial charge on any atom is -0.392 e. The van der Waals surface area contributed by atoms with Gasteiger partial charge in [0.15, 0.2) is 0 Å². The minimum atomic E-state index is -0.244. The van der Waals surface area contributed by atoms with Crippen LogP contribution in [0.25, 0.3) is 0 Å². The molecule has 0 radical (unpaired) electrons. The fourth-order valence-electron chi connectivity index (χ4n) is 1.91. The molecule has 0 amide bonds. The highest BCUT2D eigenvalue weighted by Crippen LogP contribution is 2.52. The second-order valence-corrected chi connectivity index (χ2v) is 4.67. The Hall–Kier alpha value is -0.340. The van der Waals surface area contributed by atoms with Crippen LogP contribution >= 0.6 is 15.9 Å². The normalized spacial score (nSPS) is 21.2. The quantitative estimate of drug-likeness (QED) is 0.844. The molecule has 0 saturated heterocycles. The van der Waals surface area contributed by atoms with E-state index < -0.39 is 0 Å². The molecule has 1 aliphatic rings. The molecule has 1 atom stereocenters. The summed E-state index contributed by atoms with van der Waals surface area (Å²) in [7, 11) is 0. The number of hydrogen-bond donors (Lipinski definition) is 1. The van der Waals surface area contributed by atoms with Crippen molar-refractivity contribution >= 4 is 15.9 Å². The SMILES string of the molecule is CC(O)C1(c2ccccc2Br)CC1. The van der Waals surface area contributed by atoms with Crippen molar-refractivity contribution in [3.05, 3.63) is 34.3 Å². The molecule has 1 aliphatic carbocycles. The Morgan fingerprint density at radius 1 is 1.38 bits per heavy atom. The molecule has 0 heterocycles. The molecule has 13 heavy (non-hydrogen) atoms. The Labute approximate surface area is 86.9 Å². The Kier molecular flexibility index (Phi) is 2.20. The van der Waals surface area contributed by atoms with Crippen LogP contribution in [-0.2, 0) is 5.41 Å². The summed E-state index contributed by atoms with van der Waals surface area (Å²) < 4.78 is 1.12. The molecule has 70 valence electrons. The third-order valence-electron chi connectivity index (χ3n) is 3.00. The Morgan fingerprint density at radius 2 is 2.00 bits per heavy atom. The lowest BCUT2D eigenvalue weighted by Gasteiger charge is -2.20. The Balaban J connectivity index is 2.41. The molecule has 1 aromatic carbocycles. The lowest BCUT2D eigenvalue weighted by molar-refractivity contribution is 0.150. The van der Waals surface area contributed by atoms with Gasteiger partial charge in [-0.2, -0.15) is 0 Å². The van der Waals surface area contributed by atoms with E-state index in [4.69, 9.17) is 0 Å². The molecule has 1 unspecified atom stereocenters. The van der Waals surface area contributed by atoms with Crippen LogP contribution in [0.15, 0.2) is 28.7 Å². The molecule has 1 N–H and O–H groups in total. The molecule has 0 bridgehead atoms. The third-order valence-corrected chi connectivity index (χ3v) is 3.69. The number of rotatable bonds is 2. The Morgan fingerprint density at radius 3 is 2.46 bits per heavy atom. The van der Waals surface area contributed by atoms with Crippen molar-refractivity contribution in [2.24, 2.45) is 0 Å². The van der Waals surface area contributed by atoms with Crippen LogP contribution in [0.3, 0.4) is 0 Å². The first-order chi connectivity index (χ1) is 6.17. The zero-order valence-corrected chi connectivity index (χ0v) is 9.21. The molecule has 2 heteroatoms. The maximum atomic E-state index is 9.70. The highest BCUT2D eigenvalue weighted by atomic mass is 79.9. The third kappa shape index (κ3) is 1.42. The maximum absolute atomic E-state index is 9.70. The molecule has 2 rings (SSSR count). The molecule has 0 aliphatic heterocycles. The van der Waals surface area contributed by atoms with Gasteiger partial charge < -0.3 is 5.11 Å². The summed E-state index contributed by atoms with van der Waals surface area (Å²) in [5.41, 5.74) is 1.30. The smallest absolute Gasteiger partial charge is 0.0609 e. The minimum absolute atomic E-state index is 0.0418. The van der Waals surface area contributed by atoms with Gasteiger partial charge in [0.2, 0.25) is 0 Å². The molecular formula is C11H13BrO. The summed E-state index contributed by atoms with van der Waals surface area (Å²) in [4.78, 5) is 0. The van der Waals surface area contributed by atoms with E-state index >= 15 is 0 Å².